The van der Waals surface area contributed by atoms with Gasteiger partial charge in [-0.3, -0.25) is 4.79 Å². The molecule has 4 aliphatic rings. The third-order valence-corrected chi connectivity index (χ3v) is 12.9. The molecule has 4 saturated carbocycles. The van der Waals surface area contributed by atoms with Crippen LogP contribution in [0.15, 0.2) is 12.2 Å². The molecule has 36 heavy (non-hydrogen) atoms. The fourth-order valence-corrected chi connectivity index (χ4v) is 10.7. The lowest BCUT2D eigenvalue weighted by molar-refractivity contribution is -0.229. The molecular formula is C32H54O4. The van der Waals surface area contributed by atoms with Crippen molar-refractivity contribution in [3.63, 3.8) is 0 Å². The van der Waals surface area contributed by atoms with Crippen molar-refractivity contribution >= 4 is 5.97 Å². The van der Waals surface area contributed by atoms with Crippen molar-refractivity contribution in [2.24, 2.45) is 45.3 Å². The zero-order valence-electron chi connectivity index (χ0n) is 24.5. The molecule has 4 rings (SSSR count). The first kappa shape index (κ1) is 28.1. The Bertz CT molecular complexity index is 875. The molecule has 0 heterocycles. The first-order valence-electron chi connectivity index (χ1n) is 14.7. The van der Waals surface area contributed by atoms with Crippen molar-refractivity contribution in [1.29, 1.82) is 0 Å². The zero-order valence-corrected chi connectivity index (χ0v) is 24.5. The molecular weight excluding hydrogens is 448 g/mol. The quantitative estimate of drug-likeness (QED) is 0.301. The maximum absolute atomic E-state index is 11.9. The van der Waals surface area contributed by atoms with Crippen LogP contribution in [0.5, 0.6) is 0 Å². The Morgan fingerprint density at radius 2 is 1.61 bits per heavy atom. The monoisotopic (exact) mass is 502 g/mol. The topological polar surface area (TPSA) is 66.8 Å². The number of fused-ring (bicyclic) bond motifs is 5. The van der Waals surface area contributed by atoms with Gasteiger partial charge in [0.1, 0.15) is 6.10 Å². The average molecular weight is 503 g/mol. The minimum absolute atomic E-state index is 0.0102. The van der Waals surface area contributed by atoms with Gasteiger partial charge in [0, 0.05) is 12.3 Å². The van der Waals surface area contributed by atoms with E-state index in [0.29, 0.717) is 36.5 Å². The highest BCUT2D eigenvalue weighted by atomic mass is 16.5. The predicted octanol–water partition coefficient (Wildman–Crippen LogP) is 7.07. The molecule has 0 bridgehead atoms. The number of carbonyl (C=O) groups excluding carboxylic acids is 1. The van der Waals surface area contributed by atoms with Crippen molar-refractivity contribution in [3.8, 4) is 0 Å². The van der Waals surface area contributed by atoms with E-state index in [1.807, 2.05) is 13.8 Å². The number of esters is 1. The number of hydrogen-bond acceptors (Lipinski definition) is 4. The lowest BCUT2D eigenvalue weighted by Gasteiger charge is -2.70. The molecule has 4 nitrogen and oxygen atoms in total. The van der Waals surface area contributed by atoms with E-state index in [0.717, 1.165) is 24.8 Å². The second-order valence-electron chi connectivity index (χ2n) is 15.0. The summed E-state index contributed by atoms with van der Waals surface area (Å²) in [5.41, 5.74) is 0.756. The molecule has 206 valence electrons. The summed E-state index contributed by atoms with van der Waals surface area (Å²) >= 11 is 0. The number of rotatable bonds is 6. The molecule has 0 aliphatic heterocycles. The van der Waals surface area contributed by atoms with E-state index in [1.54, 1.807) is 6.92 Å². The van der Waals surface area contributed by atoms with Gasteiger partial charge in [-0.05, 0) is 118 Å². The van der Waals surface area contributed by atoms with Gasteiger partial charge in [0.2, 0.25) is 0 Å². The third-order valence-electron chi connectivity index (χ3n) is 12.9. The van der Waals surface area contributed by atoms with Gasteiger partial charge in [-0.15, -0.1) is 0 Å². The number of ether oxygens (including phenoxy) is 1. The number of carbonyl (C=O) groups is 1. The lowest BCUT2D eigenvalue weighted by atomic mass is 9.35. The van der Waals surface area contributed by atoms with E-state index >= 15 is 0 Å². The molecule has 0 saturated heterocycles. The van der Waals surface area contributed by atoms with E-state index in [2.05, 4.69) is 41.2 Å². The van der Waals surface area contributed by atoms with Crippen LogP contribution in [0.2, 0.25) is 0 Å². The van der Waals surface area contributed by atoms with Crippen LogP contribution in [0.1, 0.15) is 120 Å². The highest BCUT2D eigenvalue weighted by Crippen LogP contribution is 2.75. The Morgan fingerprint density at radius 1 is 0.972 bits per heavy atom. The fourth-order valence-electron chi connectivity index (χ4n) is 10.7. The molecule has 0 amide bonds. The summed E-state index contributed by atoms with van der Waals surface area (Å²) in [6, 6.07) is 0. The molecule has 1 unspecified atom stereocenters. The van der Waals surface area contributed by atoms with Crippen molar-refractivity contribution in [2.75, 3.05) is 0 Å². The van der Waals surface area contributed by atoms with Gasteiger partial charge in [-0.25, -0.2) is 0 Å². The normalized spacial score (nSPS) is 46.0. The highest BCUT2D eigenvalue weighted by Gasteiger charge is 2.69. The van der Waals surface area contributed by atoms with Crippen molar-refractivity contribution in [3.05, 3.63) is 12.2 Å². The molecule has 0 aromatic carbocycles. The smallest absolute Gasteiger partial charge is 0.302 e. The molecule has 10 atom stereocenters. The Hall–Kier alpha value is -0.870. The number of hydrogen-bond donors (Lipinski definition) is 2. The largest absolute Gasteiger partial charge is 0.462 e. The molecule has 2 N–H and O–H groups in total. The van der Waals surface area contributed by atoms with Crippen LogP contribution < -0.4 is 0 Å². The van der Waals surface area contributed by atoms with Gasteiger partial charge >= 0.3 is 5.97 Å². The standard InChI is InChI=1S/C32H54O4/c1-20(2)24(34)13-19-32(9,35)23-12-17-30(7)22(23)10-11-26-29(6)16-15-27(36-21(3)33)28(4,5)25(29)14-18-31(26,30)8/h22-27,34-35H,1,10-19H2,2-9H3/t22-,23+,24?,25+,26-,27+,29+,30-,31-,32+/m1/s1. The lowest BCUT2D eigenvalue weighted by Crippen LogP contribution is -2.64. The molecule has 0 spiro atoms. The van der Waals surface area contributed by atoms with E-state index in [4.69, 9.17) is 4.74 Å². The van der Waals surface area contributed by atoms with Gasteiger partial charge in [-0.1, -0.05) is 46.8 Å². The predicted molar refractivity (Wildman–Crippen MR) is 145 cm³/mol. The Balaban J connectivity index is 1.58. The average Bonchev–Trinajstić information content (AvgIpc) is 3.13. The van der Waals surface area contributed by atoms with E-state index in [9.17, 15) is 15.0 Å². The van der Waals surface area contributed by atoms with Gasteiger partial charge in [0.15, 0.2) is 0 Å². The molecule has 4 fully saturated rings. The van der Waals surface area contributed by atoms with E-state index < -0.39 is 11.7 Å². The molecule has 0 aromatic heterocycles. The first-order valence-corrected chi connectivity index (χ1v) is 14.7. The summed E-state index contributed by atoms with van der Waals surface area (Å²) in [7, 11) is 0. The minimum atomic E-state index is -0.757. The summed E-state index contributed by atoms with van der Waals surface area (Å²) in [4.78, 5) is 11.9. The highest BCUT2D eigenvalue weighted by molar-refractivity contribution is 5.66. The second kappa shape index (κ2) is 9.11. The molecule has 4 heteroatoms. The molecule has 4 aliphatic carbocycles. The van der Waals surface area contributed by atoms with Crippen LogP contribution in [0.25, 0.3) is 0 Å². The molecule has 0 aromatic rings. The van der Waals surface area contributed by atoms with Crippen LogP contribution in [0.3, 0.4) is 0 Å². The van der Waals surface area contributed by atoms with E-state index in [1.165, 1.54) is 32.1 Å². The van der Waals surface area contributed by atoms with Crippen LogP contribution in [0.4, 0.5) is 0 Å². The maximum atomic E-state index is 11.9. The van der Waals surface area contributed by atoms with E-state index in [-0.39, 0.29) is 33.7 Å². The second-order valence-corrected chi connectivity index (χ2v) is 15.0. The minimum Gasteiger partial charge on any atom is -0.462 e. The van der Waals surface area contributed by atoms with Gasteiger partial charge < -0.3 is 14.9 Å². The third kappa shape index (κ3) is 4.12. The summed E-state index contributed by atoms with van der Waals surface area (Å²) in [6.45, 7) is 21.8. The summed E-state index contributed by atoms with van der Waals surface area (Å²) in [5, 5.41) is 22.0. The Morgan fingerprint density at radius 3 is 2.22 bits per heavy atom. The van der Waals surface area contributed by atoms with Crippen LogP contribution >= 0.6 is 0 Å². The van der Waals surface area contributed by atoms with Crippen molar-refractivity contribution < 1.29 is 19.7 Å². The van der Waals surface area contributed by atoms with Gasteiger partial charge in [0.05, 0.1) is 11.7 Å². The Labute approximate surface area is 220 Å². The zero-order chi connectivity index (χ0) is 26.9. The summed E-state index contributed by atoms with van der Waals surface area (Å²) < 4.78 is 5.87. The van der Waals surface area contributed by atoms with Gasteiger partial charge in [-0.2, -0.15) is 0 Å². The number of aliphatic hydroxyl groups excluding tert-OH is 1. The summed E-state index contributed by atoms with van der Waals surface area (Å²) in [6.07, 6.45) is 9.93. The number of aliphatic hydroxyl groups is 2. The first-order chi connectivity index (χ1) is 16.5. The van der Waals surface area contributed by atoms with Crippen molar-refractivity contribution in [1.82, 2.24) is 0 Å². The van der Waals surface area contributed by atoms with Crippen LogP contribution in [-0.4, -0.2) is 34.0 Å². The summed E-state index contributed by atoms with van der Waals surface area (Å²) in [5.74, 6) is 1.90. The van der Waals surface area contributed by atoms with Crippen LogP contribution in [-0.2, 0) is 9.53 Å². The van der Waals surface area contributed by atoms with Crippen LogP contribution in [0, 0.1) is 45.3 Å². The maximum Gasteiger partial charge on any atom is 0.302 e. The Kier molecular flexibility index (Phi) is 7.12. The molecule has 0 radical (unpaired) electrons. The fraction of sp³-hybridized carbons (Fsp3) is 0.906. The SMILES string of the molecule is C=C(C)C(O)CC[C@](C)(O)[C@H]1CC[C@]2(C)[C@@H]1CC[C@@H]1[C@@]3(C)CC[C@H](OC(C)=O)C(C)(C)[C@@H]3CC[C@]12C. The van der Waals surface area contributed by atoms with Gasteiger partial charge in [0.25, 0.3) is 0 Å². The van der Waals surface area contributed by atoms with Crippen molar-refractivity contribution in [2.45, 2.75) is 137 Å².